The molecule has 3 amide bonds. The van der Waals surface area contributed by atoms with Crippen molar-refractivity contribution in [3.05, 3.63) is 34.6 Å². The monoisotopic (exact) mass is 489 g/mol. The third-order valence-electron chi connectivity index (χ3n) is 8.07. The number of nitrogens with one attached hydrogen (secondary N) is 2. The summed E-state index contributed by atoms with van der Waals surface area (Å²) in [6.07, 6.45) is 5.04. The van der Waals surface area contributed by atoms with Crippen LogP contribution in [0, 0.1) is 5.82 Å². The minimum absolute atomic E-state index is 0.0113. The number of imide groups is 1. The molecule has 3 fully saturated rings. The number of hydrogen-bond acceptors (Lipinski definition) is 5. The van der Waals surface area contributed by atoms with Crippen LogP contribution in [0.2, 0.25) is 0 Å². The molecule has 2 N–H and O–H groups in total. The Balaban J connectivity index is 1.28. The molecule has 0 aromatic heterocycles. The molecule has 190 valence electrons. The molecule has 4 aliphatic rings. The maximum atomic E-state index is 15.6. The van der Waals surface area contributed by atoms with E-state index in [1.807, 2.05) is 0 Å². The molecular weight excluding hydrogens is 456 g/mol. The first-order chi connectivity index (χ1) is 16.7. The number of halogens is 2. The number of fused-ring (bicyclic) bond motifs is 1. The molecule has 3 aliphatic heterocycles. The van der Waals surface area contributed by atoms with E-state index in [1.165, 1.54) is 4.90 Å². The molecule has 2 saturated heterocycles. The van der Waals surface area contributed by atoms with Crippen LogP contribution >= 0.6 is 0 Å². The van der Waals surface area contributed by atoms with Crippen LogP contribution in [0.1, 0.15) is 79.8 Å². The lowest BCUT2D eigenvalue weighted by Crippen LogP contribution is -2.52. The van der Waals surface area contributed by atoms with Gasteiger partial charge in [-0.25, -0.2) is 8.78 Å². The van der Waals surface area contributed by atoms with E-state index in [2.05, 4.69) is 10.6 Å². The molecule has 0 radical (unpaired) electrons. The lowest BCUT2D eigenvalue weighted by atomic mass is 9.84. The van der Waals surface area contributed by atoms with Gasteiger partial charge in [0.15, 0.2) is 0 Å². The Morgan fingerprint density at radius 2 is 1.94 bits per heavy atom. The highest BCUT2D eigenvalue weighted by Gasteiger charge is 2.41. The second-order valence-corrected chi connectivity index (χ2v) is 10.7. The van der Waals surface area contributed by atoms with Crippen molar-refractivity contribution in [1.82, 2.24) is 15.5 Å². The van der Waals surface area contributed by atoms with Gasteiger partial charge in [0.25, 0.3) is 5.91 Å². The lowest BCUT2D eigenvalue weighted by molar-refractivity contribution is -0.136. The molecule has 1 saturated carbocycles. The molecular formula is C26H33F2N3O4. The molecule has 1 aliphatic carbocycles. The van der Waals surface area contributed by atoms with Crippen molar-refractivity contribution in [1.29, 1.82) is 0 Å². The minimum Gasteiger partial charge on any atom is -0.376 e. The fraction of sp³-hybridized carbons (Fsp3) is 0.654. The Bertz CT molecular complexity index is 1020. The molecule has 9 heteroatoms. The number of carbonyl (C=O) groups excluding carboxylic acids is 3. The first kappa shape index (κ1) is 24.3. The first-order valence-electron chi connectivity index (χ1n) is 12.7. The number of carbonyl (C=O) groups is 3. The number of amides is 3. The number of hydrogen-bond donors (Lipinski definition) is 2. The lowest BCUT2D eigenvalue weighted by Gasteiger charge is -2.38. The van der Waals surface area contributed by atoms with Crippen LogP contribution < -0.4 is 10.6 Å². The number of nitrogens with zero attached hydrogens (tertiary/aromatic N) is 1. The summed E-state index contributed by atoms with van der Waals surface area (Å²) in [6.45, 7) is 2.29. The number of piperidine rings is 1. The van der Waals surface area contributed by atoms with E-state index in [-0.39, 0.29) is 55.0 Å². The first-order valence-corrected chi connectivity index (χ1v) is 12.7. The van der Waals surface area contributed by atoms with Crippen molar-refractivity contribution in [3.63, 3.8) is 0 Å². The Morgan fingerprint density at radius 3 is 2.69 bits per heavy atom. The van der Waals surface area contributed by atoms with Crippen LogP contribution in [-0.4, -0.2) is 59.1 Å². The molecule has 0 bridgehead atoms. The van der Waals surface area contributed by atoms with Crippen molar-refractivity contribution in [2.75, 3.05) is 6.61 Å². The van der Waals surface area contributed by atoms with Crippen molar-refractivity contribution in [2.24, 2.45) is 0 Å². The summed E-state index contributed by atoms with van der Waals surface area (Å²) in [6, 6.07) is 2.80. The zero-order valence-corrected chi connectivity index (χ0v) is 20.1. The summed E-state index contributed by atoms with van der Waals surface area (Å²) in [5.74, 6) is -1.68. The summed E-state index contributed by atoms with van der Waals surface area (Å²) in [5.41, 5.74) is -0.0353. The fourth-order valence-corrected chi connectivity index (χ4v) is 5.95. The summed E-state index contributed by atoms with van der Waals surface area (Å²) < 4.78 is 35.9. The van der Waals surface area contributed by atoms with E-state index in [4.69, 9.17) is 4.74 Å². The molecule has 35 heavy (non-hydrogen) atoms. The highest BCUT2D eigenvalue weighted by Crippen LogP contribution is 2.34. The fourth-order valence-electron chi connectivity index (χ4n) is 5.95. The quantitative estimate of drug-likeness (QED) is 0.621. The van der Waals surface area contributed by atoms with Crippen molar-refractivity contribution in [3.8, 4) is 0 Å². The number of rotatable bonds is 5. The summed E-state index contributed by atoms with van der Waals surface area (Å²) >= 11 is 0. The van der Waals surface area contributed by atoms with Crippen LogP contribution in [0.15, 0.2) is 12.1 Å². The van der Waals surface area contributed by atoms with E-state index >= 15 is 4.39 Å². The largest absolute Gasteiger partial charge is 0.376 e. The maximum absolute atomic E-state index is 15.6. The highest BCUT2D eigenvalue weighted by atomic mass is 19.1. The van der Waals surface area contributed by atoms with Crippen LogP contribution in [0.3, 0.4) is 0 Å². The van der Waals surface area contributed by atoms with E-state index in [1.54, 1.807) is 19.1 Å². The predicted octanol–water partition coefficient (Wildman–Crippen LogP) is 2.94. The Morgan fingerprint density at radius 1 is 1.17 bits per heavy atom. The summed E-state index contributed by atoms with van der Waals surface area (Å²) in [7, 11) is 0. The van der Waals surface area contributed by atoms with Crippen LogP contribution in [0.25, 0.3) is 0 Å². The summed E-state index contributed by atoms with van der Waals surface area (Å²) in [4.78, 5) is 38.0. The molecule has 0 spiro atoms. The molecule has 1 aromatic carbocycles. The van der Waals surface area contributed by atoms with E-state index in [0.717, 1.165) is 25.7 Å². The topological polar surface area (TPSA) is 87.7 Å². The van der Waals surface area contributed by atoms with Gasteiger partial charge in [0.05, 0.1) is 12.6 Å². The standard InChI is InChI=1S/C26H33F2N3O4/c1-26(28)10-8-16(9-11-26)29-19-3-2-12-35-21(19)13-15-4-5-17-18(23(15)27)14-31(25(17)34)20-6-7-22(32)30-24(20)33/h4-5,16,19-21,29H,2-3,6-14H2,1H3,(H,30,32,33)/t16?,19-,20?,21+,26?/m0/s1. The molecule has 3 atom stereocenters. The van der Waals surface area contributed by atoms with Crippen LogP contribution in [0.4, 0.5) is 8.78 Å². The van der Waals surface area contributed by atoms with Crippen LogP contribution in [0.5, 0.6) is 0 Å². The molecule has 5 rings (SSSR count). The van der Waals surface area contributed by atoms with Gasteiger partial charge < -0.3 is 15.0 Å². The van der Waals surface area contributed by atoms with Gasteiger partial charge in [-0.1, -0.05) is 6.07 Å². The van der Waals surface area contributed by atoms with Gasteiger partial charge >= 0.3 is 0 Å². The molecule has 3 heterocycles. The molecule has 1 unspecified atom stereocenters. The van der Waals surface area contributed by atoms with Gasteiger partial charge in [0, 0.05) is 42.7 Å². The van der Waals surface area contributed by atoms with Gasteiger partial charge in [0.2, 0.25) is 11.8 Å². The Labute approximate surface area is 203 Å². The smallest absolute Gasteiger partial charge is 0.255 e. The number of ether oxygens (including phenoxy) is 1. The van der Waals surface area contributed by atoms with E-state index in [9.17, 15) is 18.8 Å². The van der Waals surface area contributed by atoms with Gasteiger partial charge in [-0.3, -0.25) is 19.7 Å². The SMILES string of the molecule is CC1(F)CCC(N[C@H]2CCCO[C@@H]2Cc2ccc3c(c2F)CN(C2CCC(=O)NC2=O)C3=O)CC1. The number of alkyl halides is 1. The van der Waals surface area contributed by atoms with Gasteiger partial charge in [-0.15, -0.1) is 0 Å². The third kappa shape index (κ3) is 4.98. The van der Waals surface area contributed by atoms with Gasteiger partial charge in [-0.05, 0) is 63.5 Å². The zero-order valence-electron chi connectivity index (χ0n) is 20.1. The Kier molecular flexibility index (Phi) is 6.65. The maximum Gasteiger partial charge on any atom is 0.255 e. The zero-order chi connectivity index (χ0) is 24.7. The van der Waals surface area contributed by atoms with Crippen molar-refractivity contribution >= 4 is 17.7 Å². The number of benzene rings is 1. The Hall–Kier alpha value is -2.39. The van der Waals surface area contributed by atoms with E-state index < -0.39 is 23.4 Å². The third-order valence-corrected chi connectivity index (χ3v) is 8.07. The van der Waals surface area contributed by atoms with Gasteiger partial charge in [-0.2, -0.15) is 0 Å². The van der Waals surface area contributed by atoms with Crippen molar-refractivity contribution in [2.45, 2.75) is 101 Å². The second kappa shape index (κ2) is 9.58. The normalized spacial score (nSPS) is 33.6. The average molecular weight is 490 g/mol. The highest BCUT2D eigenvalue weighted by molar-refractivity contribution is 6.05. The van der Waals surface area contributed by atoms with Crippen molar-refractivity contribution < 1.29 is 27.9 Å². The molecule has 1 aromatic rings. The van der Waals surface area contributed by atoms with E-state index in [0.29, 0.717) is 37.0 Å². The van der Waals surface area contributed by atoms with Crippen LogP contribution in [-0.2, 0) is 27.3 Å². The second-order valence-electron chi connectivity index (χ2n) is 10.7. The van der Waals surface area contributed by atoms with Gasteiger partial charge in [0.1, 0.15) is 17.5 Å². The summed E-state index contributed by atoms with van der Waals surface area (Å²) in [5, 5.41) is 5.92. The molecule has 7 nitrogen and oxygen atoms in total. The minimum atomic E-state index is -1.09. The average Bonchev–Trinajstić information content (AvgIpc) is 3.15. The predicted molar refractivity (Wildman–Crippen MR) is 124 cm³/mol.